The Morgan fingerprint density at radius 3 is 2.69 bits per heavy atom. The van der Waals surface area contributed by atoms with Gasteiger partial charge < -0.3 is 5.32 Å². The van der Waals surface area contributed by atoms with E-state index >= 15 is 0 Å². The summed E-state index contributed by atoms with van der Waals surface area (Å²) in [5, 5.41) is 11.8. The van der Waals surface area contributed by atoms with Crippen LogP contribution in [0.25, 0.3) is 0 Å². The van der Waals surface area contributed by atoms with Gasteiger partial charge in [0.15, 0.2) is 0 Å². The number of nitrogens with zero attached hydrogens (tertiary/aromatic N) is 4. The summed E-state index contributed by atoms with van der Waals surface area (Å²) in [6, 6.07) is 0.240. The molecule has 1 unspecified atom stereocenters. The monoisotopic (exact) mass is 219 g/mol. The fourth-order valence-electron chi connectivity index (χ4n) is 1.61. The van der Waals surface area contributed by atoms with Crippen LogP contribution in [0.4, 0.5) is 5.69 Å². The highest BCUT2D eigenvalue weighted by atomic mass is 15.3. The second kappa shape index (κ2) is 4.38. The summed E-state index contributed by atoms with van der Waals surface area (Å²) in [6.45, 7) is 5.10. The summed E-state index contributed by atoms with van der Waals surface area (Å²) < 4.78 is 3.71. The van der Waals surface area contributed by atoms with E-state index in [0.29, 0.717) is 0 Å². The first kappa shape index (κ1) is 10.7. The molecule has 0 amide bonds. The zero-order chi connectivity index (χ0) is 11.5. The Balaban J connectivity index is 2.05. The van der Waals surface area contributed by atoms with Gasteiger partial charge in [0.1, 0.15) is 0 Å². The number of nitrogens with one attached hydrogen (secondary N) is 1. The van der Waals surface area contributed by atoms with Crippen LogP contribution in [0.15, 0.2) is 24.8 Å². The van der Waals surface area contributed by atoms with Crippen molar-refractivity contribution in [1.82, 2.24) is 19.6 Å². The van der Waals surface area contributed by atoms with E-state index in [1.54, 1.807) is 4.68 Å². The van der Waals surface area contributed by atoms with Gasteiger partial charge >= 0.3 is 0 Å². The average molecular weight is 219 g/mol. The van der Waals surface area contributed by atoms with Crippen LogP contribution in [0.2, 0.25) is 0 Å². The van der Waals surface area contributed by atoms with Gasteiger partial charge in [0.2, 0.25) is 0 Å². The van der Waals surface area contributed by atoms with Crippen molar-refractivity contribution in [1.29, 1.82) is 0 Å². The zero-order valence-electron chi connectivity index (χ0n) is 9.88. The molecule has 5 nitrogen and oxygen atoms in total. The van der Waals surface area contributed by atoms with Crippen molar-refractivity contribution in [2.45, 2.75) is 26.4 Å². The molecular formula is C11H17N5. The summed E-state index contributed by atoms with van der Waals surface area (Å²) in [5.41, 5.74) is 2.21. The number of anilines is 1. The van der Waals surface area contributed by atoms with Crippen LogP contribution in [0.5, 0.6) is 0 Å². The molecule has 2 heterocycles. The fraction of sp³-hybridized carbons (Fsp3) is 0.455. The van der Waals surface area contributed by atoms with Crippen LogP contribution in [0.1, 0.15) is 25.5 Å². The molecule has 0 fully saturated rings. The van der Waals surface area contributed by atoms with Crippen molar-refractivity contribution in [3.63, 3.8) is 0 Å². The van der Waals surface area contributed by atoms with E-state index in [1.165, 1.54) is 5.56 Å². The van der Waals surface area contributed by atoms with Crippen molar-refractivity contribution in [2.75, 3.05) is 5.32 Å². The SMILES string of the molecule is CCn1cc(C(C)Nc2cnn(C)c2)cn1. The fourth-order valence-corrected chi connectivity index (χ4v) is 1.61. The molecular weight excluding hydrogens is 202 g/mol. The van der Waals surface area contributed by atoms with Crippen LogP contribution < -0.4 is 5.32 Å². The van der Waals surface area contributed by atoms with E-state index < -0.39 is 0 Å². The lowest BCUT2D eigenvalue weighted by molar-refractivity contribution is 0.658. The van der Waals surface area contributed by atoms with Gasteiger partial charge in [-0.15, -0.1) is 0 Å². The molecule has 5 heteroatoms. The van der Waals surface area contributed by atoms with Crippen LogP contribution in [-0.4, -0.2) is 19.6 Å². The Hall–Kier alpha value is -1.78. The standard InChI is InChI=1S/C11H17N5/c1-4-16-7-10(5-13-16)9(2)14-11-6-12-15(3)8-11/h5-9,14H,4H2,1-3H3. The van der Waals surface area contributed by atoms with Gasteiger partial charge in [0.05, 0.1) is 24.1 Å². The van der Waals surface area contributed by atoms with Gasteiger partial charge in [-0.05, 0) is 13.8 Å². The van der Waals surface area contributed by atoms with Gasteiger partial charge in [0, 0.05) is 31.5 Å². The number of hydrogen-bond donors (Lipinski definition) is 1. The maximum absolute atomic E-state index is 4.26. The maximum Gasteiger partial charge on any atom is 0.0731 e. The molecule has 0 aliphatic rings. The van der Waals surface area contributed by atoms with E-state index in [9.17, 15) is 0 Å². The first-order chi connectivity index (χ1) is 7.69. The molecule has 86 valence electrons. The minimum atomic E-state index is 0.240. The highest BCUT2D eigenvalue weighted by Gasteiger charge is 2.08. The summed E-state index contributed by atoms with van der Waals surface area (Å²) in [4.78, 5) is 0. The molecule has 1 N–H and O–H groups in total. The van der Waals surface area contributed by atoms with E-state index in [0.717, 1.165) is 12.2 Å². The van der Waals surface area contributed by atoms with Crippen molar-refractivity contribution >= 4 is 5.69 Å². The van der Waals surface area contributed by atoms with Crippen LogP contribution in [0, 0.1) is 0 Å². The molecule has 2 rings (SSSR count). The zero-order valence-corrected chi connectivity index (χ0v) is 9.88. The summed E-state index contributed by atoms with van der Waals surface area (Å²) in [7, 11) is 1.91. The lowest BCUT2D eigenvalue weighted by Crippen LogP contribution is -2.05. The van der Waals surface area contributed by atoms with Crippen molar-refractivity contribution < 1.29 is 0 Å². The van der Waals surface area contributed by atoms with Crippen LogP contribution in [0.3, 0.4) is 0 Å². The molecule has 0 saturated carbocycles. The lowest BCUT2D eigenvalue weighted by atomic mass is 10.2. The first-order valence-electron chi connectivity index (χ1n) is 5.46. The van der Waals surface area contributed by atoms with Gasteiger partial charge in [-0.25, -0.2) is 0 Å². The van der Waals surface area contributed by atoms with Gasteiger partial charge in [0.25, 0.3) is 0 Å². The number of aromatic nitrogens is 4. The summed E-state index contributed by atoms with van der Waals surface area (Å²) in [6.07, 6.45) is 7.74. The van der Waals surface area contributed by atoms with Crippen molar-refractivity contribution in [2.24, 2.45) is 7.05 Å². The molecule has 0 spiro atoms. The second-order valence-corrected chi connectivity index (χ2v) is 3.90. The third-order valence-electron chi connectivity index (χ3n) is 2.57. The largest absolute Gasteiger partial charge is 0.376 e. The minimum Gasteiger partial charge on any atom is -0.376 e. The Bertz CT molecular complexity index is 456. The van der Waals surface area contributed by atoms with Gasteiger partial charge in [-0.1, -0.05) is 0 Å². The second-order valence-electron chi connectivity index (χ2n) is 3.90. The molecule has 0 bridgehead atoms. The summed E-state index contributed by atoms with van der Waals surface area (Å²) in [5.74, 6) is 0. The molecule has 16 heavy (non-hydrogen) atoms. The molecule has 1 atom stereocenters. The molecule has 0 radical (unpaired) electrons. The van der Waals surface area contributed by atoms with Gasteiger partial charge in [-0.2, -0.15) is 10.2 Å². The average Bonchev–Trinajstić information content (AvgIpc) is 2.87. The highest BCUT2D eigenvalue weighted by molar-refractivity contribution is 5.40. The normalized spacial score (nSPS) is 12.7. The maximum atomic E-state index is 4.26. The van der Waals surface area contributed by atoms with E-state index in [-0.39, 0.29) is 6.04 Å². The number of aryl methyl sites for hydroxylation is 2. The Labute approximate surface area is 95.1 Å². The van der Waals surface area contributed by atoms with E-state index in [1.807, 2.05) is 30.3 Å². The predicted molar refractivity (Wildman–Crippen MR) is 63.1 cm³/mol. The molecule has 2 aromatic heterocycles. The minimum absolute atomic E-state index is 0.240. The number of hydrogen-bond acceptors (Lipinski definition) is 3. The van der Waals surface area contributed by atoms with Crippen LogP contribution in [-0.2, 0) is 13.6 Å². The summed E-state index contributed by atoms with van der Waals surface area (Å²) >= 11 is 0. The molecule has 2 aromatic rings. The number of rotatable bonds is 4. The predicted octanol–water partition coefficient (Wildman–Crippen LogP) is 1.81. The van der Waals surface area contributed by atoms with Crippen molar-refractivity contribution in [3.05, 3.63) is 30.4 Å². The highest BCUT2D eigenvalue weighted by Crippen LogP contribution is 2.17. The topological polar surface area (TPSA) is 47.7 Å². The Morgan fingerprint density at radius 2 is 2.12 bits per heavy atom. The van der Waals surface area contributed by atoms with E-state index in [4.69, 9.17) is 0 Å². The molecule has 0 aromatic carbocycles. The van der Waals surface area contributed by atoms with Crippen molar-refractivity contribution in [3.8, 4) is 0 Å². The van der Waals surface area contributed by atoms with Gasteiger partial charge in [-0.3, -0.25) is 9.36 Å². The molecule has 0 saturated heterocycles. The third-order valence-corrected chi connectivity index (χ3v) is 2.57. The smallest absolute Gasteiger partial charge is 0.0731 e. The third kappa shape index (κ3) is 2.24. The Kier molecular flexibility index (Phi) is 2.94. The van der Waals surface area contributed by atoms with E-state index in [2.05, 4.69) is 35.6 Å². The lowest BCUT2D eigenvalue weighted by Gasteiger charge is -2.10. The van der Waals surface area contributed by atoms with Crippen LogP contribution >= 0.6 is 0 Å². The first-order valence-corrected chi connectivity index (χ1v) is 5.46. The molecule has 0 aliphatic carbocycles. The quantitative estimate of drug-likeness (QED) is 0.853. The molecule has 0 aliphatic heterocycles. The Morgan fingerprint density at radius 1 is 1.31 bits per heavy atom.